The van der Waals surface area contributed by atoms with Crippen LogP contribution in [-0.4, -0.2) is 38.7 Å². The lowest BCUT2D eigenvalue weighted by Gasteiger charge is -2.33. The van der Waals surface area contributed by atoms with Gasteiger partial charge in [0.05, 0.1) is 17.1 Å². The van der Waals surface area contributed by atoms with Crippen molar-refractivity contribution in [1.29, 1.82) is 0 Å². The van der Waals surface area contributed by atoms with Crippen LogP contribution in [0.3, 0.4) is 0 Å². The minimum Gasteiger partial charge on any atom is -0.445 e. The van der Waals surface area contributed by atoms with Gasteiger partial charge >= 0.3 is 6.09 Å². The average Bonchev–Trinajstić information content (AvgIpc) is 3.11. The summed E-state index contributed by atoms with van der Waals surface area (Å²) in [5.74, 6) is 0.640. The van der Waals surface area contributed by atoms with E-state index in [4.69, 9.17) is 4.74 Å². The van der Waals surface area contributed by atoms with Gasteiger partial charge in [0.15, 0.2) is 0 Å². The van der Waals surface area contributed by atoms with E-state index in [1.165, 1.54) is 0 Å². The molecule has 1 atom stereocenters. The predicted molar refractivity (Wildman–Crippen MR) is 102 cm³/mol. The van der Waals surface area contributed by atoms with E-state index in [-0.39, 0.29) is 25.3 Å². The van der Waals surface area contributed by atoms with Crippen LogP contribution in [0.5, 0.6) is 0 Å². The van der Waals surface area contributed by atoms with Gasteiger partial charge in [-0.2, -0.15) is 0 Å². The lowest BCUT2D eigenvalue weighted by Crippen LogP contribution is -2.41. The number of aliphatic hydroxyl groups is 1. The Hall–Kier alpha value is -2.86. The van der Waals surface area contributed by atoms with E-state index in [0.717, 1.165) is 29.4 Å². The zero-order chi connectivity index (χ0) is 18.6. The van der Waals surface area contributed by atoms with Crippen LogP contribution in [0.2, 0.25) is 0 Å². The summed E-state index contributed by atoms with van der Waals surface area (Å²) in [4.78, 5) is 18.8. The first-order valence-corrected chi connectivity index (χ1v) is 9.28. The van der Waals surface area contributed by atoms with Crippen LogP contribution in [-0.2, 0) is 18.0 Å². The van der Waals surface area contributed by atoms with Gasteiger partial charge in [-0.3, -0.25) is 0 Å². The maximum atomic E-state index is 12.5. The molecule has 3 aromatic rings. The van der Waals surface area contributed by atoms with E-state index >= 15 is 0 Å². The van der Waals surface area contributed by atoms with Gasteiger partial charge in [-0.05, 0) is 30.5 Å². The van der Waals surface area contributed by atoms with Crippen molar-refractivity contribution in [2.75, 3.05) is 13.1 Å². The third-order valence-corrected chi connectivity index (χ3v) is 5.04. The van der Waals surface area contributed by atoms with Crippen LogP contribution in [0.15, 0.2) is 54.6 Å². The fraction of sp³-hybridized carbons (Fsp3) is 0.333. The van der Waals surface area contributed by atoms with Crippen LogP contribution in [0.4, 0.5) is 4.79 Å². The number of carbonyl (C=O) groups excluding carboxylic acids is 1. The normalized spacial score (nSPS) is 17.2. The molecule has 2 aromatic carbocycles. The monoisotopic (exact) mass is 365 g/mol. The molecule has 1 saturated heterocycles. The predicted octanol–water partition coefficient (Wildman–Crippen LogP) is 3.50. The molecule has 0 aliphatic carbocycles. The second-order valence-electron chi connectivity index (χ2n) is 6.83. The number of hydrogen-bond acceptors (Lipinski definition) is 4. The number of aromatic nitrogens is 2. The Balaban J connectivity index is 1.49. The fourth-order valence-electron chi connectivity index (χ4n) is 3.76. The number of para-hydroxylation sites is 2. The zero-order valence-electron chi connectivity index (χ0n) is 15.1. The van der Waals surface area contributed by atoms with Crippen molar-refractivity contribution in [2.45, 2.75) is 32.1 Å². The van der Waals surface area contributed by atoms with Gasteiger partial charge in [0.25, 0.3) is 0 Å². The summed E-state index contributed by atoms with van der Waals surface area (Å²) < 4.78 is 7.57. The number of carbonyl (C=O) groups is 1. The first-order chi connectivity index (χ1) is 13.3. The molecule has 0 bridgehead atoms. The van der Waals surface area contributed by atoms with Gasteiger partial charge in [0.1, 0.15) is 19.0 Å². The first kappa shape index (κ1) is 17.5. The largest absolute Gasteiger partial charge is 0.445 e. The molecule has 1 N–H and O–H groups in total. The summed E-state index contributed by atoms with van der Waals surface area (Å²) in [7, 11) is 0. The van der Waals surface area contributed by atoms with Gasteiger partial charge in [-0.15, -0.1) is 0 Å². The van der Waals surface area contributed by atoms with Gasteiger partial charge in [0, 0.05) is 13.1 Å². The molecule has 27 heavy (non-hydrogen) atoms. The van der Waals surface area contributed by atoms with Gasteiger partial charge in [-0.1, -0.05) is 42.5 Å². The lowest BCUT2D eigenvalue weighted by atomic mass is 10.1. The first-order valence-electron chi connectivity index (χ1n) is 9.28. The summed E-state index contributed by atoms with van der Waals surface area (Å²) in [6, 6.07) is 17.6. The van der Waals surface area contributed by atoms with Crippen LogP contribution in [0.1, 0.15) is 30.3 Å². The quantitative estimate of drug-likeness (QED) is 0.768. The molecule has 0 spiro atoms. The van der Waals surface area contributed by atoms with Crippen LogP contribution in [0.25, 0.3) is 11.0 Å². The van der Waals surface area contributed by atoms with E-state index in [0.29, 0.717) is 18.9 Å². The summed E-state index contributed by atoms with van der Waals surface area (Å²) in [5.41, 5.74) is 2.83. The fourth-order valence-corrected chi connectivity index (χ4v) is 3.76. The van der Waals surface area contributed by atoms with Gasteiger partial charge < -0.3 is 19.3 Å². The average molecular weight is 365 g/mol. The maximum absolute atomic E-state index is 12.5. The molecule has 1 aliphatic rings. The molecule has 0 radical (unpaired) electrons. The van der Waals surface area contributed by atoms with Crippen molar-refractivity contribution >= 4 is 17.1 Å². The zero-order valence-corrected chi connectivity index (χ0v) is 15.1. The van der Waals surface area contributed by atoms with Crippen LogP contribution < -0.4 is 0 Å². The summed E-state index contributed by atoms with van der Waals surface area (Å²) in [5, 5.41) is 9.75. The Bertz CT molecular complexity index is 923. The lowest BCUT2D eigenvalue weighted by molar-refractivity contribution is 0.0798. The third-order valence-electron chi connectivity index (χ3n) is 5.04. The van der Waals surface area contributed by atoms with Crippen molar-refractivity contribution in [1.82, 2.24) is 14.5 Å². The van der Waals surface area contributed by atoms with Crippen LogP contribution in [0, 0.1) is 0 Å². The Morgan fingerprint density at radius 3 is 2.74 bits per heavy atom. The molecule has 1 aromatic heterocycles. The topological polar surface area (TPSA) is 67.6 Å². The number of fused-ring (bicyclic) bond motifs is 1. The van der Waals surface area contributed by atoms with E-state index in [9.17, 15) is 9.90 Å². The summed E-state index contributed by atoms with van der Waals surface area (Å²) in [6.07, 6.45) is 1.54. The Labute approximate surface area is 158 Å². The Morgan fingerprint density at radius 1 is 1.15 bits per heavy atom. The van der Waals surface area contributed by atoms with Crippen molar-refractivity contribution in [3.8, 4) is 0 Å². The van der Waals surface area contributed by atoms with Gasteiger partial charge in [0.2, 0.25) is 0 Å². The molecule has 140 valence electrons. The molecule has 0 saturated carbocycles. The number of imidazole rings is 1. The van der Waals surface area contributed by atoms with Crippen molar-refractivity contribution in [3.05, 3.63) is 66.0 Å². The Kier molecular flexibility index (Phi) is 5.07. The number of nitrogens with zero attached hydrogens (tertiary/aromatic N) is 3. The van der Waals surface area contributed by atoms with Crippen molar-refractivity contribution in [3.63, 3.8) is 0 Å². The minimum atomic E-state index is -0.293. The summed E-state index contributed by atoms with van der Waals surface area (Å²) >= 11 is 0. The molecular formula is C21H23N3O3. The molecule has 2 heterocycles. The number of hydrogen-bond donors (Lipinski definition) is 1. The Morgan fingerprint density at radius 2 is 1.93 bits per heavy atom. The number of benzene rings is 2. The highest BCUT2D eigenvalue weighted by Crippen LogP contribution is 2.28. The molecule has 6 heteroatoms. The number of amides is 1. The number of likely N-dealkylation sites (tertiary alicyclic amines) is 1. The maximum Gasteiger partial charge on any atom is 0.410 e. The highest BCUT2D eigenvalue weighted by Gasteiger charge is 2.28. The number of ether oxygens (including phenoxy) is 1. The number of aliphatic hydroxyl groups excluding tert-OH is 1. The SMILES string of the molecule is O=C(OCc1ccccc1)N1CCCC(n2c(CO)nc3ccccc32)C1. The second-order valence-corrected chi connectivity index (χ2v) is 6.83. The standard InChI is InChI=1S/C21H23N3O3/c25-14-20-22-18-10-4-5-11-19(18)24(20)17-9-6-12-23(13-17)21(26)27-15-16-7-2-1-3-8-16/h1-5,7-8,10-11,17,25H,6,9,12-15H2. The van der Waals surface area contributed by atoms with E-state index in [2.05, 4.69) is 9.55 Å². The second kappa shape index (κ2) is 7.80. The minimum absolute atomic E-state index is 0.0811. The highest BCUT2D eigenvalue weighted by atomic mass is 16.6. The van der Waals surface area contributed by atoms with E-state index in [1.807, 2.05) is 54.6 Å². The highest BCUT2D eigenvalue weighted by molar-refractivity contribution is 5.76. The number of rotatable bonds is 4. The third kappa shape index (κ3) is 3.66. The summed E-state index contributed by atoms with van der Waals surface area (Å²) in [6.45, 7) is 1.40. The molecule has 1 unspecified atom stereocenters. The van der Waals surface area contributed by atoms with E-state index in [1.54, 1.807) is 4.90 Å². The molecule has 1 amide bonds. The van der Waals surface area contributed by atoms with Crippen LogP contribution >= 0.6 is 0 Å². The molecule has 1 aliphatic heterocycles. The molecule has 1 fully saturated rings. The van der Waals surface area contributed by atoms with Crippen molar-refractivity contribution < 1.29 is 14.6 Å². The van der Waals surface area contributed by atoms with Gasteiger partial charge in [-0.25, -0.2) is 9.78 Å². The molecule has 6 nitrogen and oxygen atoms in total. The molecular weight excluding hydrogens is 342 g/mol. The number of piperidine rings is 1. The smallest absolute Gasteiger partial charge is 0.410 e. The van der Waals surface area contributed by atoms with Crippen molar-refractivity contribution in [2.24, 2.45) is 0 Å². The molecule has 4 rings (SSSR count). The van der Waals surface area contributed by atoms with E-state index < -0.39 is 0 Å².